The highest BCUT2D eigenvalue weighted by Crippen LogP contribution is 2.20. The Labute approximate surface area is 126 Å². The third-order valence-corrected chi connectivity index (χ3v) is 4.04. The molecule has 108 valence electrons. The van der Waals surface area contributed by atoms with Gasteiger partial charge in [0, 0.05) is 18.3 Å². The predicted molar refractivity (Wildman–Crippen MR) is 89.1 cm³/mol. The summed E-state index contributed by atoms with van der Waals surface area (Å²) in [6.07, 6.45) is 4.61. The van der Waals surface area contributed by atoms with Crippen LogP contribution in [0.2, 0.25) is 0 Å². The van der Waals surface area contributed by atoms with Crippen LogP contribution in [0.4, 0.5) is 5.69 Å². The molecule has 0 heterocycles. The fraction of sp³-hybridized carbons (Fsp3) is 0.316. The second-order valence-corrected chi connectivity index (χ2v) is 5.65. The molecule has 1 saturated carbocycles. The number of hydrogen-bond donors (Lipinski definition) is 1. The highest BCUT2D eigenvalue weighted by Gasteiger charge is 2.16. The smallest absolute Gasteiger partial charge is 0.0629 e. The van der Waals surface area contributed by atoms with Crippen molar-refractivity contribution in [2.24, 2.45) is 4.99 Å². The molecule has 0 bridgehead atoms. The Kier molecular flexibility index (Phi) is 4.80. The molecule has 0 unspecified atom stereocenters. The summed E-state index contributed by atoms with van der Waals surface area (Å²) < 4.78 is 0. The largest absolute Gasteiger partial charge is 0.310 e. The number of nitrogens with one attached hydrogen (secondary N) is 1. The van der Waals surface area contributed by atoms with Crippen molar-refractivity contribution in [3.8, 4) is 0 Å². The lowest BCUT2D eigenvalue weighted by molar-refractivity contribution is 0.445. The second-order valence-electron chi connectivity index (χ2n) is 5.65. The van der Waals surface area contributed by atoms with Crippen molar-refractivity contribution in [3.05, 3.63) is 66.2 Å². The van der Waals surface area contributed by atoms with Gasteiger partial charge in [-0.15, -0.1) is 0 Å². The van der Waals surface area contributed by atoms with Crippen LogP contribution < -0.4 is 5.32 Å². The van der Waals surface area contributed by atoms with Crippen LogP contribution in [0.3, 0.4) is 0 Å². The molecule has 0 atom stereocenters. The molecule has 0 amide bonds. The lowest BCUT2D eigenvalue weighted by Gasteiger charge is -2.24. The van der Waals surface area contributed by atoms with Gasteiger partial charge in [0.1, 0.15) is 0 Å². The SMILES string of the molecule is c1ccc(CNC2CCC(=Nc3ccccc3)CC2)cc1. The summed E-state index contributed by atoms with van der Waals surface area (Å²) in [5.74, 6) is 0. The van der Waals surface area contributed by atoms with Crippen molar-refractivity contribution >= 4 is 11.4 Å². The first-order valence-electron chi connectivity index (χ1n) is 7.79. The third kappa shape index (κ3) is 4.27. The van der Waals surface area contributed by atoms with Crippen LogP contribution in [0, 0.1) is 0 Å². The van der Waals surface area contributed by atoms with Crippen LogP contribution in [0.1, 0.15) is 31.2 Å². The van der Waals surface area contributed by atoms with Crippen molar-refractivity contribution in [1.82, 2.24) is 5.32 Å². The summed E-state index contributed by atoms with van der Waals surface area (Å²) in [6, 6.07) is 21.5. The summed E-state index contributed by atoms with van der Waals surface area (Å²) in [7, 11) is 0. The molecule has 1 aliphatic carbocycles. The van der Waals surface area contributed by atoms with Crippen LogP contribution in [-0.4, -0.2) is 11.8 Å². The van der Waals surface area contributed by atoms with Crippen LogP contribution >= 0.6 is 0 Å². The molecule has 0 aliphatic heterocycles. The first-order valence-corrected chi connectivity index (χ1v) is 7.79. The highest BCUT2D eigenvalue weighted by atomic mass is 14.9. The zero-order valence-electron chi connectivity index (χ0n) is 12.3. The molecule has 2 nitrogen and oxygen atoms in total. The van der Waals surface area contributed by atoms with Gasteiger partial charge >= 0.3 is 0 Å². The first-order chi connectivity index (χ1) is 10.4. The molecular weight excluding hydrogens is 256 g/mol. The van der Waals surface area contributed by atoms with Crippen molar-refractivity contribution in [3.63, 3.8) is 0 Å². The van der Waals surface area contributed by atoms with Crippen molar-refractivity contribution in [2.45, 2.75) is 38.3 Å². The monoisotopic (exact) mass is 278 g/mol. The van der Waals surface area contributed by atoms with Gasteiger partial charge in [-0.05, 0) is 43.4 Å². The van der Waals surface area contributed by atoms with E-state index < -0.39 is 0 Å². The molecule has 0 radical (unpaired) electrons. The minimum absolute atomic E-state index is 0.625. The third-order valence-electron chi connectivity index (χ3n) is 4.04. The Bertz CT molecular complexity index is 565. The van der Waals surface area contributed by atoms with E-state index in [1.165, 1.54) is 24.1 Å². The second kappa shape index (κ2) is 7.19. The molecule has 0 spiro atoms. The fourth-order valence-electron chi connectivity index (χ4n) is 2.81. The molecule has 3 rings (SSSR count). The number of benzene rings is 2. The van der Waals surface area contributed by atoms with Gasteiger partial charge in [-0.3, -0.25) is 4.99 Å². The van der Waals surface area contributed by atoms with Crippen molar-refractivity contribution in [2.75, 3.05) is 0 Å². The molecule has 1 fully saturated rings. The maximum Gasteiger partial charge on any atom is 0.0629 e. The van der Waals surface area contributed by atoms with E-state index in [4.69, 9.17) is 4.99 Å². The van der Waals surface area contributed by atoms with Crippen LogP contribution in [0.15, 0.2) is 65.7 Å². The number of hydrogen-bond acceptors (Lipinski definition) is 2. The lowest BCUT2D eigenvalue weighted by atomic mass is 9.93. The minimum atomic E-state index is 0.625. The molecule has 0 saturated heterocycles. The van der Waals surface area contributed by atoms with E-state index in [1.807, 2.05) is 18.2 Å². The molecule has 2 aromatic carbocycles. The van der Waals surface area contributed by atoms with E-state index in [1.54, 1.807) is 0 Å². The van der Waals surface area contributed by atoms with Crippen LogP contribution in [0.5, 0.6) is 0 Å². The summed E-state index contributed by atoms with van der Waals surface area (Å²) in [5.41, 5.74) is 3.79. The zero-order valence-corrected chi connectivity index (χ0v) is 12.3. The number of para-hydroxylation sites is 1. The van der Waals surface area contributed by atoms with Gasteiger partial charge in [0.25, 0.3) is 0 Å². The topological polar surface area (TPSA) is 24.4 Å². The summed E-state index contributed by atoms with van der Waals surface area (Å²) in [4.78, 5) is 4.76. The number of rotatable bonds is 4. The molecule has 2 aromatic rings. The predicted octanol–water partition coefficient (Wildman–Crippen LogP) is 4.49. The summed E-state index contributed by atoms with van der Waals surface area (Å²) in [6.45, 7) is 0.969. The van der Waals surface area contributed by atoms with Gasteiger partial charge in [0.15, 0.2) is 0 Å². The van der Waals surface area contributed by atoms with Gasteiger partial charge in [-0.2, -0.15) is 0 Å². The standard InChI is InChI=1S/C19H22N2/c1-3-7-16(8-4-1)15-20-17-11-13-19(14-12-17)21-18-9-5-2-6-10-18/h1-10,17,20H,11-15H2. The Morgan fingerprint density at radius 3 is 2.14 bits per heavy atom. The minimum Gasteiger partial charge on any atom is -0.310 e. The molecule has 0 aromatic heterocycles. The van der Waals surface area contributed by atoms with Gasteiger partial charge < -0.3 is 5.32 Å². The highest BCUT2D eigenvalue weighted by molar-refractivity contribution is 5.87. The summed E-state index contributed by atoms with van der Waals surface area (Å²) >= 11 is 0. The summed E-state index contributed by atoms with van der Waals surface area (Å²) in [5, 5.41) is 3.67. The van der Waals surface area contributed by atoms with E-state index in [0.717, 1.165) is 25.1 Å². The normalized spacial score (nSPS) is 18.5. The maximum atomic E-state index is 4.76. The molecule has 1 N–H and O–H groups in total. The van der Waals surface area contributed by atoms with E-state index >= 15 is 0 Å². The Hall–Kier alpha value is -1.93. The Morgan fingerprint density at radius 2 is 1.48 bits per heavy atom. The average molecular weight is 278 g/mol. The van der Waals surface area contributed by atoms with Gasteiger partial charge in [0.05, 0.1) is 5.69 Å². The van der Waals surface area contributed by atoms with Crippen molar-refractivity contribution in [1.29, 1.82) is 0 Å². The van der Waals surface area contributed by atoms with E-state index in [2.05, 4.69) is 47.8 Å². The molecular formula is C19H22N2. The van der Waals surface area contributed by atoms with Gasteiger partial charge in [-0.1, -0.05) is 48.5 Å². The first kappa shape index (κ1) is 14.0. The van der Waals surface area contributed by atoms with E-state index in [0.29, 0.717) is 6.04 Å². The molecule has 2 heteroatoms. The number of nitrogens with zero attached hydrogens (tertiary/aromatic N) is 1. The van der Waals surface area contributed by atoms with Crippen molar-refractivity contribution < 1.29 is 0 Å². The molecule has 21 heavy (non-hydrogen) atoms. The molecule has 1 aliphatic rings. The number of aliphatic imine (C=N–C) groups is 1. The lowest BCUT2D eigenvalue weighted by Crippen LogP contribution is -2.32. The zero-order chi connectivity index (χ0) is 14.3. The van der Waals surface area contributed by atoms with E-state index in [-0.39, 0.29) is 0 Å². The van der Waals surface area contributed by atoms with Crippen LogP contribution in [0.25, 0.3) is 0 Å². The van der Waals surface area contributed by atoms with E-state index in [9.17, 15) is 0 Å². The average Bonchev–Trinajstić information content (AvgIpc) is 2.56. The van der Waals surface area contributed by atoms with Gasteiger partial charge in [-0.25, -0.2) is 0 Å². The fourth-order valence-corrected chi connectivity index (χ4v) is 2.81. The van der Waals surface area contributed by atoms with Crippen LogP contribution in [-0.2, 0) is 6.54 Å². The maximum absolute atomic E-state index is 4.76. The Morgan fingerprint density at radius 1 is 0.857 bits per heavy atom. The Balaban J connectivity index is 1.48. The van der Waals surface area contributed by atoms with Gasteiger partial charge in [0.2, 0.25) is 0 Å². The quantitative estimate of drug-likeness (QED) is 0.875.